The van der Waals surface area contributed by atoms with Gasteiger partial charge >= 0.3 is 0 Å². The van der Waals surface area contributed by atoms with Crippen LogP contribution < -0.4 is 10.0 Å². The van der Waals surface area contributed by atoms with Crippen LogP contribution in [0.2, 0.25) is 0 Å². The van der Waals surface area contributed by atoms with Crippen molar-refractivity contribution in [2.24, 2.45) is 0 Å². The first-order valence-corrected chi connectivity index (χ1v) is 9.43. The van der Waals surface area contributed by atoms with Gasteiger partial charge in [0.15, 0.2) is 11.8 Å². The molecule has 0 spiro atoms. The summed E-state index contributed by atoms with van der Waals surface area (Å²) in [6, 6.07) is 7.95. The van der Waals surface area contributed by atoms with Gasteiger partial charge in [0.2, 0.25) is 0 Å². The van der Waals surface area contributed by atoms with Crippen molar-refractivity contribution in [2.75, 3.05) is 7.11 Å². The van der Waals surface area contributed by atoms with E-state index in [0.29, 0.717) is 0 Å². The fourth-order valence-electron chi connectivity index (χ4n) is 2.91. The predicted octanol–water partition coefficient (Wildman–Crippen LogP) is 4.36. The number of rotatable bonds is 6. The van der Waals surface area contributed by atoms with Crippen molar-refractivity contribution in [2.45, 2.75) is 47.8 Å². The van der Waals surface area contributed by atoms with E-state index in [9.17, 15) is 4.79 Å². The smallest absolute Gasteiger partial charge is 0.196 e. The zero-order valence-electron chi connectivity index (χ0n) is 17.1. The number of aryl methyl sites for hydroxylation is 3. The van der Waals surface area contributed by atoms with Crippen LogP contribution in [0.3, 0.4) is 0 Å². The minimum Gasteiger partial charge on any atom is -0.465 e. The predicted molar refractivity (Wildman–Crippen MR) is 112 cm³/mol. The molecule has 2 aromatic carbocycles. The van der Waals surface area contributed by atoms with E-state index in [1.54, 1.807) is 7.11 Å². The molecule has 135 valence electrons. The molecule has 0 aliphatic rings. The molecule has 0 saturated carbocycles. The molecular formula is C21H27LiO3P. The van der Waals surface area contributed by atoms with E-state index in [4.69, 9.17) is 9.47 Å². The molecule has 5 heteroatoms. The first-order valence-electron chi connectivity index (χ1n) is 8.43. The van der Waals surface area contributed by atoms with E-state index < -0.39 is 0 Å². The Labute approximate surface area is 170 Å². The average molecular weight is 365 g/mol. The van der Waals surface area contributed by atoms with Crippen molar-refractivity contribution >= 4 is 38.3 Å². The number of methoxy groups -OCH3 is 1. The van der Waals surface area contributed by atoms with Gasteiger partial charge in [0, 0.05) is 31.5 Å². The van der Waals surface area contributed by atoms with Gasteiger partial charge in [-0.25, -0.2) is 0 Å². The molecule has 0 aromatic heterocycles. The van der Waals surface area contributed by atoms with Gasteiger partial charge in [-0.3, -0.25) is 4.79 Å². The number of carbonyl (C=O) groups excluding carboxylic acids is 1. The molecule has 0 bridgehead atoms. The molecule has 0 N–H and O–H groups in total. The molecule has 0 aliphatic carbocycles. The van der Waals surface area contributed by atoms with Crippen LogP contribution in [0.15, 0.2) is 24.3 Å². The van der Waals surface area contributed by atoms with E-state index in [1.807, 2.05) is 45.9 Å². The van der Waals surface area contributed by atoms with Crippen LogP contribution in [-0.4, -0.2) is 37.8 Å². The third-order valence-corrected chi connectivity index (χ3v) is 5.97. The minimum atomic E-state index is -0.296. The van der Waals surface area contributed by atoms with Crippen LogP contribution in [0.25, 0.3) is 0 Å². The number of ether oxygens (including phenoxy) is 2. The van der Waals surface area contributed by atoms with Crippen molar-refractivity contribution in [3.63, 3.8) is 0 Å². The number of benzene rings is 2. The van der Waals surface area contributed by atoms with Gasteiger partial charge in [0.1, 0.15) is 5.75 Å². The maximum absolute atomic E-state index is 12.9. The zero-order chi connectivity index (χ0) is 18.7. The van der Waals surface area contributed by atoms with Gasteiger partial charge in [-0.05, 0) is 95.4 Å². The summed E-state index contributed by atoms with van der Waals surface area (Å²) in [5.41, 5.74) is 6.72. The Balaban J connectivity index is 0.00000338. The molecule has 0 aliphatic heterocycles. The molecule has 2 rings (SSSR count). The van der Waals surface area contributed by atoms with Crippen molar-refractivity contribution < 1.29 is 14.3 Å². The second-order valence-corrected chi connectivity index (χ2v) is 7.73. The Morgan fingerprint density at radius 3 is 2.19 bits per heavy atom. The third kappa shape index (κ3) is 5.21. The Morgan fingerprint density at radius 2 is 1.62 bits per heavy atom. The second-order valence-electron chi connectivity index (χ2n) is 6.49. The fraction of sp³-hybridized carbons (Fsp3) is 0.381. The Bertz CT molecular complexity index is 802. The summed E-state index contributed by atoms with van der Waals surface area (Å²) in [4.78, 5) is 12.9. The molecular weight excluding hydrogens is 338 g/mol. The molecule has 0 fully saturated rings. The van der Waals surface area contributed by atoms with Crippen LogP contribution in [0.4, 0.5) is 0 Å². The summed E-state index contributed by atoms with van der Waals surface area (Å²) >= 11 is 0. The number of hydrogen-bond acceptors (Lipinski definition) is 3. The molecule has 2 unspecified atom stereocenters. The monoisotopic (exact) mass is 365 g/mol. The summed E-state index contributed by atoms with van der Waals surface area (Å²) in [6.07, 6.45) is -0.296. The van der Waals surface area contributed by atoms with E-state index >= 15 is 0 Å². The maximum Gasteiger partial charge on any atom is 0.196 e. The molecule has 2 atom stereocenters. The summed E-state index contributed by atoms with van der Waals surface area (Å²) in [7, 11) is 1.72. The van der Waals surface area contributed by atoms with Crippen LogP contribution in [-0.2, 0) is 4.74 Å². The molecule has 0 saturated heterocycles. The summed E-state index contributed by atoms with van der Waals surface area (Å²) in [5, 5.41) is 1.06. The molecule has 3 nitrogen and oxygen atoms in total. The van der Waals surface area contributed by atoms with Gasteiger partial charge in [0.05, 0.1) is 0 Å². The zero-order valence-corrected chi connectivity index (χ0v) is 18.1. The van der Waals surface area contributed by atoms with E-state index in [2.05, 4.69) is 19.9 Å². The molecule has 0 amide bonds. The first-order chi connectivity index (χ1) is 11.7. The van der Waals surface area contributed by atoms with Crippen LogP contribution in [0.1, 0.15) is 45.1 Å². The third-order valence-electron chi connectivity index (χ3n) is 4.66. The van der Waals surface area contributed by atoms with Crippen LogP contribution >= 0.6 is 8.58 Å². The van der Waals surface area contributed by atoms with E-state index in [-0.39, 0.29) is 39.3 Å². The van der Waals surface area contributed by atoms with E-state index in [1.165, 1.54) is 11.1 Å². The first kappa shape index (κ1) is 22.9. The van der Waals surface area contributed by atoms with Crippen molar-refractivity contribution in [3.05, 3.63) is 57.6 Å². The molecule has 26 heavy (non-hydrogen) atoms. The molecule has 0 heterocycles. The Morgan fingerprint density at radius 1 is 0.962 bits per heavy atom. The second kappa shape index (κ2) is 9.72. The molecule has 1 radical (unpaired) electrons. The van der Waals surface area contributed by atoms with Gasteiger partial charge in [-0.2, -0.15) is 0 Å². The Kier molecular flexibility index (Phi) is 8.58. The quantitative estimate of drug-likeness (QED) is 0.433. The van der Waals surface area contributed by atoms with Gasteiger partial charge in [-0.15, -0.1) is 0 Å². The van der Waals surface area contributed by atoms with Gasteiger partial charge in [0.25, 0.3) is 0 Å². The maximum atomic E-state index is 12.9. The topological polar surface area (TPSA) is 35.5 Å². The summed E-state index contributed by atoms with van der Waals surface area (Å²) < 4.78 is 10.8. The van der Waals surface area contributed by atoms with Crippen molar-refractivity contribution in [1.29, 1.82) is 0 Å². The van der Waals surface area contributed by atoms with Crippen LogP contribution in [0, 0.1) is 34.6 Å². The number of carbonyl (C=O) groups is 1. The van der Waals surface area contributed by atoms with Crippen molar-refractivity contribution in [3.8, 4) is 5.75 Å². The van der Waals surface area contributed by atoms with Crippen LogP contribution in [0.5, 0.6) is 5.75 Å². The average Bonchev–Trinajstić information content (AvgIpc) is 2.55. The van der Waals surface area contributed by atoms with Gasteiger partial charge < -0.3 is 9.47 Å². The SMILES string of the molecule is COC(C)Oc1ccc(PC(=O)c2c(C)cc(C)c(C)c2C)c(C)c1.[Li]. The normalized spacial score (nSPS) is 12.1. The fourth-order valence-corrected chi connectivity index (χ4v) is 4.10. The molecule has 2 aromatic rings. The minimum absolute atomic E-state index is 0. The standard InChI is InChI=1S/C21H27O3P.Li/c1-12-10-14(3)20(16(5)15(12)4)21(22)25-19-9-8-18(11-13(19)2)24-17(6)23-7;/h8-11,17,25H,1-7H3;. The van der Waals surface area contributed by atoms with E-state index in [0.717, 1.165) is 33.3 Å². The largest absolute Gasteiger partial charge is 0.465 e. The van der Waals surface area contributed by atoms with Crippen molar-refractivity contribution in [1.82, 2.24) is 0 Å². The van der Waals surface area contributed by atoms with Gasteiger partial charge in [-0.1, -0.05) is 12.1 Å². The summed E-state index contributed by atoms with van der Waals surface area (Å²) in [5.74, 6) is 0.756. The number of hydrogen-bond donors (Lipinski definition) is 0. The summed E-state index contributed by atoms with van der Waals surface area (Å²) in [6.45, 7) is 12.1. The Hall–Kier alpha value is -1.10.